The van der Waals surface area contributed by atoms with E-state index in [1.165, 1.54) is 5.56 Å². The normalized spacial score (nSPS) is 13.1. The Hall–Kier alpha value is -1.92. The maximum absolute atomic E-state index is 8.67. The van der Waals surface area contributed by atoms with Crippen LogP contribution in [0.4, 0.5) is 0 Å². The van der Waals surface area contributed by atoms with Crippen LogP contribution in [-0.2, 0) is 6.54 Å². The molecule has 1 heterocycles. The molecule has 0 aliphatic carbocycles. The summed E-state index contributed by atoms with van der Waals surface area (Å²) in [5.41, 5.74) is 8.23. The Morgan fingerprint density at radius 2 is 2.24 bits per heavy atom. The minimum absolute atomic E-state index is 0.0110. The first-order chi connectivity index (χ1) is 10.1. The molecule has 21 heavy (non-hydrogen) atoms. The van der Waals surface area contributed by atoms with Crippen molar-refractivity contribution in [3.05, 3.63) is 63.9 Å². The van der Waals surface area contributed by atoms with Crippen molar-refractivity contribution < 1.29 is 5.21 Å². The summed E-state index contributed by atoms with van der Waals surface area (Å²) >= 11 is 3.47. The zero-order valence-electron chi connectivity index (χ0n) is 11.6. The summed E-state index contributed by atoms with van der Waals surface area (Å²) in [7, 11) is 0. The van der Waals surface area contributed by atoms with Crippen LogP contribution in [0.5, 0.6) is 0 Å². The van der Waals surface area contributed by atoms with Crippen LogP contribution in [0.25, 0.3) is 0 Å². The molecule has 0 amide bonds. The molecule has 0 spiro atoms. The summed E-state index contributed by atoms with van der Waals surface area (Å²) in [4.78, 5) is 4.06. The van der Waals surface area contributed by atoms with E-state index in [9.17, 15) is 0 Å². The number of nitrogens with zero attached hydrogens (tertiary/aromatic N) is 2. The topological polar surface area (TPSA) is 83.5 Å². The van der Waals surface area contributed by atoms with E-state index in [4.69, 9.17) is 10.9 Å². The molecule has 0 fully saturated rings. The van der Waals surface area contributed by atoms with Gasteiger partial charge in [-0.15, -0.1) is 0 Å². The van der Waals surface area contributed by atoms with E-state index >= 15 is 0 Å². The minimum Gasteiger partial charge on any atom is -0.409 e. The molecule has 5 nitrogen and oxygen atoms in total. The molecule has 0 saturated heterocycles. The fourth-order valence-corrected chi connectivity index (χ4v) is 2.36. The zero-order chi connectivity index (χ0) is 15.2. The lowest BCUT2D eigenvalue weighted by atomic mass is 10.1. The highest BCUT2D eigenvalue weighted by Gasteiger charge is 2.07. The molecule has 2 rings (SSSR count). The number of hydrogen-bond acceptors (Lipinski definition) is 4. The van der Waals surface area contributed by atoms with Gasteiger partial charge in [-0.2, -0.15) is 0 Å². The Morgan fingerprint density at radius 3 is 2.95 bits per heavy atom. The summed E-state index contributed by atoms with van der Waals surface area (Å²) in [5, 5.41) is 15.1. The van der Waals surface area contributed by atoms with Crippen molar-refractivity contribution in [1.82, 2.24) is 10.3 Å². The summed E-state index contributed by atoms with van der Waals surface area (Å²) in [6.07, 6.45) is 1.65. The fourth-order valence-electron chi connectivity index (χ4n) is 1.94. The quantitative estimate of drug-likeness (QED) is 0.335. The van der Waals surface area contributed by atoms with Crippen LogP contribution in [0.2, 0.25) is 0 Å². The largest absolute Gasteiger partial charge is 0.409 e. The molecule has 6 heteroatoms. The van der Waals surface area contributed by atoms with Crippen molar-refractivity contribution in [3.63, 3.8) is 0 Å². The van der Waals surface area contributed by atoms with Gasteiger partial charge in [0.15, 0.2) is 5.84 Å². The number of oxime groups is 1. The molecule has 0 unspecified atom stereocenters. The second-order valence-electron chi connectivity index (χ2n) is 4.69. The van der Waals surface area contributed by atoms with Crippen molar-refractivity contribution in [3.8, 4) is 0 Å². The third-order valence-electron chi connectivity index (χ3n) is 3.16. The molecular formula is C15H17BrN4O. The Bertz CT molecular complexity index is 645. The van der Waals surface area contributed by atoms with Gasteiger partial charge in [0.1, 0.15) is 5.69 Å². The SMILES string of the molecule is C[C@H](NCc1ccnc(/C(N)=N/O)c1)c1cccc(Br)c1. The van der Waals surface area contributed by atoms with E-state index < -0.39 is 0 Å². The molecule has 1 aromatic carbocycles. The second kappa shape index (κ2) is 7.19. The van der Waals surface area contributed by atoms with Crippen LogP contribution >= 0.6 is 15.9 Å². The lowest BCUT2D eigenvalue weighted by Gasteiger charge is -2.15. The number of nitrogens with one attached hydrogen (secondary N) is 1. The van der Waals surface area contributed by atoms with Crippen molar-refractivity contribution in [2.45, 2.75) is 19.5 Å². The standard InChI is InChI=1S/C15H17BrN4O/c1-10(12-3-2-4-13(16)8-12)19-9-11-5-6-18-14(7-11)15(17)20-21/h2-8,10,19,21H,9H2,1H3,(H2,17,20)/t10-/m0/s1. The molecule has 0 radical (unpaired) electrons. The molecular weight excluding hydrogens is 332 g/mol. The predicted octanol–water partition coefficient (Wildman–Crippen LogP) is 2.79. The maximum Gasteiger partial charge on any atom is 0.188 e. The van der Waals surface area contributed by atoms with Crippen LogP contribution in [0, 0.1) is 0 Å². The fraction of sp³-hybridized carbons (Fsp3) is 0.200. The zero-order valence-corrected chi connectivity index (χ0v) is 13.2. The van der Waals surface area contributed by atoms with Gasteiger partial charge in [-0.25, -0.2) is 0 Å². The Kier molecular flexibility index (Phi) is 5.30. The lowest BCUT2D eigenvalue weighted by molar-refractivity contribution is 0.318. The highest BCUT2D eigenvalue weighted by molar-refractivity contribution is 9.10. The smallest absolute Gasteiger partial charge is 0.188 e. The average molecular weight is 349 g/mol. The molecule has 0 saturated carbocycles. The highest BCUT2D eigenvalue weighted by Crippen LogP contribution is 2.18. The summed E-state index contributed by atoms with van der Waals surface area (Å²) < 4.78 is 1.06. The summed E-state index contributed by atoms with van der Waals surface area (Å²) in [6, 6.07) is 12.1. The number of hydrogen-bond donors (Lipinski definition) is 3. The van der Waals surface area contributed by atoms with Gasteiger partial charge in [0.05, 0.1) is 0 Å². The van der Waals surface area contributed by atoms with Crippen LogP contribution < -0.4 is 11.1 Å². The van der Waals surface area contributed by atoms with E-state index in [2.05, 4.69) is 50.4 Å². The molecule has 4 N–H and O–H groups in total. The lowest BCUT2D eigenvalue weighted by Crippen LogP contribution is -2.19. The van der Waals surface area contributed by atoms with Crippen LogP contribution in [0.3, 0.4) is 0 Å². The van der Waals surface area contributed by atoms with Gasteiger partial charge >= 0.3 is 0 Å². The van der Waals surface area contributed by atoms with Crippen LogP contribution in [0.15, 0.2) is 52.2 Å². The number of benzene rings is 1. The van der Waals surface area contributed by atoms with Gasteiger partial charge in [0.2, 0.25) is 0 Å². The maximum atomic E-state index is 8.67. The monoisotopic (exact) mass is 348 g/mol. The number of aromatic nitrogens is 1. The van der Waals surface area contributed by atoms with Crippen molar-refractivity contribution in [2.24, 2.45) is 10.9 Å². The van der Waals surface area contributed by atoms with Gasteiger partial charge in [0, 0.05) is 23.3 Å². The molecule has 0 bridgehead atoms. The predicted molar refractivity (Wildman–Crippen MR) is 86.1 cm³/mol. The molecule has 0 aliphatic rings. The minimum atomic E-state index is 0.0110. The number of halogens is 1. The number of pyridine rings is 1. The van der Waals surface area contributed by atoms with E-state index in [-0.39, 0.29) is 11.9 Å². The Balaban J connectivity index is 2.03. The molecule has 1 aromatic heterocycles. The molecule has 0 aliphatic heterocycles. The van der Waals surface area contributed by atoms with E-state index in [0.717, 1.165) is 10.0 Å². The van der Waals surface area contributed by atoms with Gasteiger partial charge in [-0.05, 0) is 42.3 Å². The first-order valence-electron chi connectivity index (χ1n) is 6.52. The van der Waals surface area contributed by atoms with Gasteiger partial charge < -0.3 is 16.3 Å². The molecule has 2 aromatic rings. The van der Waals surface area contributed by atoms with E-state index in [0.29, 0.717) is 12.2 Å². The van der Waals surface area contributed by atoms with Gasteiger partial charge in [0.25, 0.3) is 0 Å². The van der Waals surface area contributed by atoms with Crippen LogP contribution in [0.1, 0.15) is 29.8 Å². The van der Waals surface area contributed by atoms with Crippen molar-refractivity contribution >= 4 is 21.8 Å². The Labute approximate surface area is 132 Å². The third-order valence-corrected chi connectivity index (χ3v) is 3.65. The average Bonchev–Trinajstić information content (AvgIpc) is 2.52. The number of amidine groups is 1. The first kappa shape index (κ1) is 15.5. The third kappa shape index (κ3) is 4.27. The molecule has 110 valence electrons. The van der Waals surface area contributed by atoms with Gasteiger partial charge in [-0.1, -0.05) is 33.2 Å². The van der Waals surface area contributed by atoms with Crippen LogP contribution in [-0.4, -0.2) is 16.0 Å². The molecule has 1 atom stereocenters. The Morgan fingerprint density at radius 1 is 1.43 bits per heavy atom. The van der Waals surface area contributed by atoms with Crippen molar-refractivity contribution in [2.75, 3.05) is 0 Å². The van der Waals surface area contributed by atoms with E-state index in [1.807, 2.05) is 18.2 Å². The second-order valence-corrected chi connectivity index (χ2v) is 5.61. The van der Waals surface area contributed by atoms with E-state index in [1.54, 1.807) is 12.3 Å². The van der Waals surface area contributed by atoms with Gasteiger partial charge in [-0.3, -0.25) is 4.98 Å². The summed E-state index contributed by atoms with van der Waals surface area (Å²) in [6.45, 7) is 2.77. The van der Waals surface area contributed by atoms with Crippen molar-refractivity contribution in [1.29, 1.82) is 0 Å². The number of rotatable bonds is 5. The first-order valence-corrected chi connectivity index (χ1v) is 7.31. The summed E-state index contributed by atoms with van der Waals surface area (Å²) in [5.74, 6) is 0.0110. The highest BCUT2D eigenvalue weighted by atomic mass is 79.9. The number of nitrogens with two attached hydrogens (primary N) is 1.